The highest BCUT2D eigenvalue weighted by Gasteiger charge is 2.29. The van der Waals surface area contributed by atoms with E-state index in [1.54, 1.807) is 39.0 Å². The fourth-order valence-corrected chi connectivity index (χ4v) is 3.87. The van der Waals surface area contributed by atoms with Gasteiger partial charge in [0, 0.05) is 25.7 Å². The van der Waals surface area contributed by atoms with Crippen LogP contribution in [0.1, 0.15) is 26.6 Å². The molecule has 0 radical (unpaired) electrons. The molecule has 0 saturated heterocycles. The van der Waals surface area contributed by atoms with Gasteiger partial charge < -0.3 is 28.8 Å². The van der Waals surface area contributed by atoms with Crippen molar-refractivity contribution in [3.8, 4) is 0 Å². The maximum Gasteiger partial charge on any atom is 0.408 e. The summed E-state index contributed by atoms with van der Waals surface area (Å²) in [6, 6.07) is 3.55. The molecule has 0 aliphatic rings. The van der Waals surface area contributed by atoms with Crippen molar-refractivity contribution in [2.24, 2.45) is 0 Å². The Morgan fingerprint density at radius 3 is 2.47 bits per heavy atom. The van der Waals surface area contributed by atoms with Crippen molar-refractivity contribution in [2.75, 3.05) is 14.2 Å². The van der Waals surface area contributed by atoms with Gasteiger partial charge >= 0.3 is 19.7 Å². The molecule has 1 heterocycles. The van der Waals surface area contributed by atoms with Gasteiger partial charge in [-0.15, -0.1) is 0 Å². The number of hydrogen-bond acceptors (Lipinski definition) is 7. The minimum absolute atomic E-state index is 0.200. The lowest BCUT2D eigenvalue weighted by molar-refractivity contribution is -0.139. The number of aliphatic carboxylic acids is 1. The van der Waals surface area contributed by atoms with Gasteiger partial charge in [-0.3, -0.25) is 4.57 Å². The molecule has 12 heteroatoms. The number of carbonyl (C=O) groups is 2. The number of carboxylic acids is 1. The van der Waals surface area contributed by atoms with E-state index in [9.17, 15) is 19.3 Å². The van der Waals surface area contributed by atoms with Gasteiger partial charge in [0.25, 0.3) is 0 Å². The van der Waals surface area contributed by atoms with Gasteiger partial charge in [-0.1, -0.05) is 11.6 Å². The zero-order valence-corrected chi connectivity index (χ0v) is 19.0. The average molecular weight is 462 g/mol. The number of alkyl carbamates (subject to hydrolysis) is 1. The first-order valence-electron chi connectivity index (χ1n) is 8.95. The number of rotatable bonds is 8. The number of nitrogens with one attached hydrogen (secondary N) is 1. The highest BCUT2D eigenvalue weighted by molar-refractivity contribution is 7.52. The lowest BCUT2D eigenvalue weighted by Gasteiger charge is -2.22. The molecule has 0 aliphatic carbocycles. The van der Waals surface area contributed by atoms with Crippen LogP contribution >= 0.6 is 19.2 Å². The number of halogens is 1. The van der Waals surface area contributed by atoms with E-state index in [-0.39, 0.29) is 18.5 Å². The van der Waals surface area contributed by atoms with Gasteiger partial charge in [0.15, 0.2) is 0 Å². The molecule has 0 spiro atoms. The van der Waals surface area contributed by atoms with E-state index in [1.165, 1.54) is 18.8 Å². The number of hydrogen-bond donors (Lipinski definition) is 2. The zero-order valence-electron chi connectivity index (χ0n) is 17.3. The van der Waals surface area contributed by atoms with E-state index in [4.69, 9.17) is 25.4 Å². The van der Waals surface area contributed by atoms with Crippen molar-refractivity contribution in [3.05, 3.63) is 29.0 Å². The number of amides is 1. The Hall–Kier alpha value is -2.13. The van der Waals surface area contributed by atoms with Crippen LogP contribution in [0.3, 0.4) is 0 Å². The van der Waals surface area contributed by atoms with Crippen LogP contribution in [0.4, 0.5) is 4.79 Å². The Morgan fingerprint density at radius 2 is 1.93 bits per heavy atom. The van der Waals surface area contributed by atoms with Crippen LogP contribution < -0.4 is 5.32 Å². The molecule has 2 rings (SSSR count). The molecule has 2 N–H and O–H groups in total. The van der Waals surface area contributed by atoms with Gasteiger partial charge in [0.2, 0.25) is 0 Å². The third kappa shape index (κ3) is 6.18. The second-order valence-corrected chi connectivity index (χ2v) is 10.1. The maximum absolute atomic E-state index is 12.7. The number of carbonyl (C=O) groups excluding carboxylic acids is 1. The number of benzene rings is 1. The summed E-state index contributed by atoms with van der Waals surface area (Å²) in [5, 5.41) is 12.3. The number of aromatic nitrogens is 2. The van der Waals surface area contributed by atoms with Crippen LogP contribution in [0.15, 0.2) is 18.2 Å². The van der Waals surface area contributed by atoms with Crippen LogP contribution in [0.5, 0.6) is 0 Å². The van der Waals surface area contributed by atoms with Crippen molar-refractivity contribution < 1.29 is 33.0 Å². The Kier molecular flexibility index (Phi) is 7.52. The molecule has 30 heavy (non-hydrogen) atoms. The van der Waals surface area contributed by atoms with E-state index >= 15 is 0 Å². The van der Waals surface area contributed by atoms with Crippen LogP contribution in [0.25, 0.3) is 11.0 Å². The first kappa shape index (κ1) is 24.1. The van der Waals surface area contributed by atoms with E-state index in [0.717, 1.165) is 0 Å². The second kappa shape index (κ2) is 9.34. The molecule has 0 bridgehead atoms. The van der Waals surface area contributed by atoms with Crippen LogP contribution in [-0.4, -0.2) is 52.6 Å². The van der Waals surface area contributed by atoms with Crippen molar-refractivity contribution >= 4 is 42.3 Å². The Labute approximate surface area is 179 Å². The molecule has 1 amide bonds. The highest BCUT2D eigenvalue weighted by atomic mass is 35.5. The molecule has 1 aromatic carbocycles. The molecule has 2 aromatic rings. The van der Waals surface area contributed by atoms with Gasteiger partial charge in [-0.25, -0.2) is 14.6 Å². The fraction of sp³-hybridized carbons (Fsp3) is 0.500. The maximum atomic E-state index is 12.7. The summed E-state index contributed by atoms with van der Waals surface area (Å²) in [6.07, 6.45) is -1.28. The Morgan fingerprint density at radius 1 is 1.30 bits per heavy atom. The number of carboxylic acid groups (broad SMARTS) is 1. The summed E-state index contributed by atoms with van der Waals surface area (Å²) in [5.41, 5.74) is 0.239. The van der Waals surface area contributed by atoms with Crippen LogP contribution in [0, 0.1) is 0 Å². The largest absolute Gasteiger partial charge is 0.480 e. The minimum atomic E-state index is -3.51. The topological polar surface area (TPSA) is 129 Å². The molecule has 1 unspecified atom stereocenters. The predicted molar refractivity (Wildman–Crippen MR) is 111 cm³/mol. The lowest BCUT2D eigenvalue weighted by Crippen LogP contribution is -2.45. The molecular formula is C18H25ClN3O7P. The molecule has 0 fully saturated rings. The monoisotopic (exact) mass is 461 g/mol. The van der Waals surface area contributed by atoms with Crippen LogP contribution in [-0.2, 0) is 35.9 Å². The lowest BCUT2D eigenvalue weighted by atomic mass is 10.2. The van der Waals surface area contributed by atoms with Gasteiger partial charge in [0.1, 0.15) is 23.8 Å². The van der Waals surface area contributed by atoms with Gasteiger partial charge in [-0.05, 0) is 39.0 Å². The van der Waals surface area contributed by atoms with E-state index in [2.05, 4.69) is 10.3 Å². The van der Waals surface area contributed by atoms with Crippen molar-refractivity contribution in [1.82, 2.24) is 14.9 Å². The average Bonchev–Trinajstić information content (AvgIpc) is 2.95. The van der Waals surface area contributed by atoms with Gasteiger partial charge in [0.05, 0.1) is 11.0 Å². The van der Waals surface area contributed by atoms with Crippen molar-refractivity contribution in [1.29, 1.82) is 0 Å². The summed E-state index contributed by atoms with van der Waals surface area (Å²) in [6.45, 7) is 5.00. The molecule has 1 atom stereocenters. The minimum Gasteiger partial charge on any atom is -0.480 e. The predicted octanol–water partition coefficient (Wildman–Crippen LogP) is 3.65. The SMILES string of the molecule is COP(=O)(Cn1c(CC(NC(=O)OC(C)(C)C)C(=O)O)nc2cc(Cl)ccc21)OC. The third-order valence-corrected chi connectivity index (χ3v) is 6.01. The molecule has 10 nitrogen and oxygen atoms in total. The molecule has 1 aromatic heterocycles. The summed E-state index contributed by atoms with van der Waals surface area (Å²) in [5.74, 6) is -1.02. The molecule has 0 aliphatic heterocycles. The molecule has 166 valence electrons. The smallest absolute Gasteiger partial charge is 0.408 e. The van der Waals surface area contributed by atoms with E-state index in [0.29, 0.717) is 16.1 Å². The standard InChI is InChI=1S/C18H25ClN3O7P/c1-18(2,3)29-17(25)21-13(16(23)24)9-15-20-12-8-11(19)6-7-14(12)22(15)10-30(26,27-4)28-5/h6-8,13H,9-10H2,1-5H3,(H,21,25)(H,23,24). The van der Waals surface area contributed by atoms with Crippen molar-refractivity contribution in [2.45, 2.75) is 45.1 Å². The first-order chi connectivity index (χ1) is 13.9. The first-order valence-corrected chi connectivity index (χ1v) is 11.1. The summed E-state index contributed by atoms with van der Waals surface area (Å²) in [7, 11) is -0.997. The summed E-state index contributed by atoms with van der Waals surface area (Å²) < 4.78 is 29.4. The van der Waals surface area contributed by atoms with Gasteiger partial charge in [-0.2, -0.15) is 0 Å². The normalized spacial score (nSPS) is 13.3. The molecule has 0 saturated carbocycles. The number of ether oxygens (including phenoxy) is 1. The summed E-state index contributed by atoms with van der Waals surface area (Å²) >= 11 is 6.03. The second-order valence-electron chi connectivity index (χ2n) is 7.45. The Balaban J connectivity index is 2.42. The summed E-state index contributed by atoms with van der Waals surface area (Å²) in [4.78, 5) is 28.2. The highest BCUT2D eigenvalue weighted by Crippen LogP contribution is 2.49. The fourth-order valence-electron chi connectivity index (χ4n) is 2.66. The third-order valence-electron chi connectivity index (χ3n) is 4.04. The molecular weight excluding hydrogens is 437 g/mol. The Bertz CT molecular complexity index is 978. The quantitative estimate of drug-likeness (QED) is 0.570. The van der Waals surface area contributed by atoms with Crippen LogP contribution in [0.2, 0.25) is 5.02 Å². The number of fused-ring (bicyclic) bond motifs is 1. The number of nitrogens with zero attached hydrogens (tertiary/aromatic N) is 2. The van der Waals surface area contributed by atoms with Crippen molar-refractivity contribution in [3.63, 3.8) is 0 Å². The zero-order chi connectivity index (χ0) is 22.7. The van der Waals surface area contributed by atoms with E-state index < -0.39 is 31.3 Å². The number of imidazole rings is 1. The van der Waals surface area contributed by atoms with E-state index in [1.807, 2.05) is 0 Å².